The Kier molecular flexibility index (Phi) is 8.02. The summed E-state index contributed by atoms with van der Waals surface area (Å²) in [6.07, 6.45) is 1.97. The van der Waals surface area contributed by atoms with Crippen molar-refractivity contribution in [2.24, 2.45) is 0 Å². The number of aryl methyl sites for hydroxylation is 1. The fraction of sp³-hybridized carbons (Fsp3) is 0.417. The highest BCUT2D eigenvalue weighted by Crippen LogP contribution is 2.26. The van der Waals surface area contributed by atoms with Gasteiger partial charge in [-0.2, -0.15) is 0 Å². The predicted octanol–water partition coefficient (Wildman–Crippen LogP) is 3.95. The lowest BCUT2D eigenvalue weighted by Gasteiger charge is -2.37. The van der Waals surface area contributed by atoms with Crippen LogP contribution in [0, 0.1) is 6.92 Å². The summed E-state index contributed by atoms with van der Waals surface area (Å²) in [5.41, 5.74) is 3.43. The maximum absolute atomic E-state index is 10.5. The van der Waals surface area contributed by atoms with Crippen LogP contribution in [0.3, 0.4) is 0 Å². The molecule has 0 saturated carbocycles. The number of methoxy groups -OCH3 is 1. The summed E-state index contributed by atoms with van der Waals surface area (Å²) < 4.78 is 11.2. The van der Waals surface area contributed by atoms with Gasteiger partial charge in [0.25, 0.3) is 0 Å². The number of nitrogens with zero attached hydrogens (tertiary/aromatic N) is 2. The Balaban J connectivity index is 1.49. The molecule has 0 bridgehead atoms. The highest BCUT2D eigenvalue weighted by molar-refractivity contribution is 6.30. The summed E-state index contributed by atoms with van der Waals surface area (Å²) in [7, 11) is 1.64. The maximum atomic E-state index is 10.5. The number of aliphatic hydroxyl groups is 1. The number of piperazine rings is 1. The zero-order valence-electron chi connectivity index (χ0n) is 17.8. The molecule has 1 aliphatic heterocycles. The molecule has 2 aromatic rings. The Hall–Kier alpha value is -2.21. The first kappa shape index (κ1) is 22.5. The van der Waals surface area contributed by atoms with Crippen LogP contribution < -0.4 is 14.4 Å². The number of aliphatic hydroxyl groups excluding tert-OH is 1. The number of anilines is 1. The van der Waals surface area contributed by atoms with Gasteiger partial charge in [0.1, 0.15) is 24.2 Å². The van der Waals surface area contributed by atoms with Crippen molar-refractivity contribution in [1.82, 2.24) is 4.90 Å². The lowest BCUT2D eigenvalue weighted by Crippen LogP contribution is -2.49. The molecule has 0 spiro atoms. The second kappa shape index (κ2) is 10.7. The van der Waals surface area contributed by atoms with Crippen molar-refractivity contribution < 1.29 is 14.6 Å². The first-order chi connectivity index (χ1) is 14.5. The third-order valence-electron chi connectivity index (χ3n) is 5.42. The fourth-order valence-electron chi connectivity index (χ4n) is 3.77. The molecule has 1 heterocycles. The number of rotatable bonds is 9. The van der Waals surface area contributed by atoms with Crippen molar-refractivity contribution in [3.63, 3.8) is 0 Å². The molecule has 3 rings (SSSR count). The molecule has 5 nitrogen and oxygen atoms in total. The number of ether oxygens (including phenoxy) is 2. The molecule has 0 amide bonds. The summed E-state index contributed by atoms with van der Waals surface area (Å²) in [6.45, 7) is 10.4. The molecule has 6 heteroatoms. The van der Waals surface area contributed by atoms with Crippen molar-refractivity contribution in [1.29, 1.82) is 0 Å². The average Bonchev–Trinajstić information content (AvgIpc) is 2.75. The van der Waals surface area contributed by atoms with E-state index in [9.17, 15) is 5.11 Å². The third-order valence-corrected chi connectivity index (χ3v) is 5.65. The van der Waals surface area contributed by atoms with Crippen molar-refractivity contribution in [2.75, 3.05) is 51.3 Å². The number of β-amino-alcohol motifs (C(OH)–C–C–N with tert-alkyl or cyclic N) is 1. The summed E-state index contributed by atoms with van der Waals surface area (Å²) in [5, 5.41) is 11.3. The van der Waals surface area contributed by atoms with Crippen LogP contribution in [0.15, 0.2) is 49.1 Å². The molecule has 30 heavy (non-hydrogen) atoms. The minimum Gasteiger partial charge on any atom is -0.497 e. The van der Waals surface area contributed by atoms with Gasteiger partial charge < -0.3 is 19.5 Å². The predicted molar refractivity (Wildman–Crippen MR) is 123 cm³/mol. The lowest BCUT2D eigenvalue weighted by molar-refractivity contribution is 0.0660. The molecule has 0 aliphatic carbocycles. The topological polar surface area (TPSA) is 45.2 Å². The van der Waals surface area contributed by atoms with Crippen LogP contribution in [-0.4, -0.2) is 62.6 Å². The summed E-state index contributed by atoms with van der Waals surface area (Å²) in [4.78, 5) is 4.64. The van der Waals surface area contributed by atoms with Crippen LogP contribution in [0.5, 0.6) is 11.5 Å². The average molecular weight is 431 g/mol. The molecular formula is C24H31ClN2O3. The summed E-state index contributed by atoms with van der Waals surface area (Å²) in [6, 6.07) is 11.7. The van der Waals surface area contributed by atoms with Crippen LogP contribution in [-0.2, 0) is 6.42 Å². The maximum Gasteiger partial charge on any atom is 0.123 e. The van der Waals surface area contributed by atoms with Crippen LogP contribution in [0.25, 0.3) is 0 Å². The van der Waals surface area contributed by atoms with Gasteiger partial charge >= 0.3 is 0 Å². The van der Waals surface area contributed by atoms with Gasteiger partial charge in [-0.15, -0.1) is 6.58 Å². The van der Waals surface area contributed by atoms with Crippen LogP contribution >= 0.6 is 11.6 Å². The molecule has 0 radical (unpaired) electrons. The van der Waals surface area contributed by atoms with E-state index in [0.717, 1.165) is 48.3 Å². The second-order valence-electron chi connectivity index (χ2n) is 7.65. The van der Waals surface area contributed by atoms with Gasteiger partial charge in [-0.3, -0.25) is 4.90 Å². The summed E-state index contributed by atoms with van der Waals surface area (Å²) >= 11 is 6.17. The van der Waals surface area contributed by atoms with Gasteiger partial charge in [0.15, 0.2) is 0 Å². The van der Waals surface area contributed by atoms with Crippen molar-refractivity contribution in [3.8, 4) is 11.5 Å². The first-order valence-corrected chi connectivity index (χ1v) is 10.7. The van der Waals surface area contributed by atoms with Gasteiger partial charge in [0, 0.05) is 49.0 Å². The number of hydrogen-bond acceptors (Lipinski definition) is 5. The van der Waals surface area contributed by atoms with E-state index < -0.39 is 6.10 Å². The standard InChI is InChI=1S/C24H31ClN2O3/c1-4-5-19-14-22(29-3)8-9-24(19)30-17-21(28)16-26-10-12-27(13-11-26)23-15-20(25)7-6-18(23)2/h4,6-9,14-15,21,28H,1,5,10-13,16-17H2,2-3H3/t21-/m1/s1. The molecule has 1 fully saturated rings. The monoisotopic (exact) mass is 430 g/mol. The second-order valence-corrected chi connectivity index (χ2v) is 8.09. The largest absolute Gasteiger partial charge is 0.497 e. The zero-order valence-corrected chi connectivity index (χ0v) is 18.6. The zero-order chi connectivity index (χ0) is 21.5. The quantitative estimate of drug-likeness (QED) is 0.610. The minimum atomic E-state index is -0.553. The van der Waals surface area contributed by atoms with Crippen molar-refractivity contribution in [3.05, 3.63) is 65.2 Å². The minimum absolute atomic E-state index is 0.254. The third kappa shape index (κ3) is 5.91. The van der Waals surface area contributed by atoms with Gasteiger partial charge in [-0.25, -0.2) is 0 Å². The molecule has 1 saturated heterocycles. The Labute approximate surface area is 184 Å². The number of halogens is 1. The van der Waals surface area contributed by atoms with Gasteiger partial charge in [0.2, 0.25) is 0 Å². The van der Waals surface area contributed by atoms with E-state index in [4.69, 9.17) is 21.1 Å². The Morgan fingerprint density at radius 1 is 1.17 bits per heavy atom. The SMILES string of the molecule is C=CCc1cc(OC)ccc1OC[C@H](O)CN1CCN(c2cc(Cl)ccc2C)CC1. The van der Waals surface area contributed by atoms with E-state index >= 15 is 0 Å². The highest BCUT2D eigenvalue weighted by atomic mass is 35.5. The lowest BCUT2D eigenvalue weighted by atomic mass is 10.1. The molecule has 2 aromatic carbocycles. The normalized spacial score (nSPS) is 15.7. The molecular weight excluding hydrogens is 400 g/mol. The first-order valence-electron chi connectivity index (χ1n) is 10.3. The Bertz CT molecular complexity index is 850. The van der Waals surface area contributed by atoms with E-state index in [1.807, 2.05) is 36.4 Å². The molecule has 1 aliphatic rings. The molecule has 1 N–H and O–H groups in total. The Morgan fingerprint density at radius 3 is 2.63 bits per heavy atom. The van der Waals surface area contributed by atoms with E-state index in [2.05, 4.69) is 29.4 Å². The Morgan fingerprint density at radius 2 is 1.93 bits per heavy atom. The van der Waals surface area contributed by atoms with Gasteiger partial charge in [0.05, 0.1) is 7.11 Å². The molecule has 0 unspecified atom stereocenters. The number of hydrogen-bond donors (Lipinski definition) is 1. The number of benzene rings is 2. The highest BCUT2D eigenvalue weighted by Gasteiger charge is 2.21. The van der Waals surface area contributed by atoms with Crippen LogP contribution in [0.1, 0.15) is 11.1 Å². The van der Waals surface area contributed by atoms with E-state index in [1.165, 1.54) is 11.3 Å². The van der Waals surface area contributed by atoms with Crippen molar-refractivity contribution in [2.45, 2.75) is 19.4 Å². The van der Waals surface area contributed by atoms with Gasteiger partial charge in [-0.1, -0.05) is 23.7 Å². The smallest absolute Gasteiger partial charge is 0.123 e. The fourth-order valence-corrected chi connectivity index (χ4v) is 3.94. The van der Waals surface area contributed by atoms with Crippen LogP contribution in [0.2, 0.25) is 5.02 Å². The number of allylic oxidation sites excluding steroid dienone is 1. The van der Waals surface area contributed by atoms with E-state index in [-0.39, 0.29) is 6.61 Å². The molecule has 162 valence electrons. The summed E-state index contributed by atoms with van der Waals surface area (Å²) in [5.74, 6) is 1.54. The van der Waals surface area contributed by atoms with Crippen LogP contribution in [0.4, 0.5) is 5.69 Å². The van der Waals surface area contributed by atoms with E-state index in [1.54, 1.807) is 7.11 Å². The molecule has 0 aromatic heterocycles. The van der Waals surface area contributed by atoms with Gasteiger partial charge in [-0.05, 0) is 49.2 Å². The molecule has 1 atom stereocenters. The van der Waals surface area contributed by atoms with E-state index in [0.29, 0.717) is 13.0 Å². The van der Waals surface area contributed by atoms with Crippen molar-refractivity contribution >= 4 is 17.3 Å².